The maximum Gasteiger partial charge on any atom is 0.161 e. The van der Waals surface area contributed by atoms with E-state index in [2.05, 4.69) is 24.4 Å². The average molecular weight is 309 g/mol. The highest BCUT2D eigenvalue weighted by molar-refractivity contribution is 6.31. The van der Waals surface area contributed by atoms with Crippen molar-refractivity contribution in [1.82, 2.24) is 15.2 Å². The number of aromatic nitrogens is 2. The average Bonchev–Trinajstić information content (AvgIpc) is 2.87. The van der Waals surface area contributed by atoms with Crippen LogP contribution in [0.1, 0.15) is 42.8 Å². The van der Waals surface area contributed by atoms with Crippen LogP contribution in [-0.2, 0) is 0 Å². The third kappa shape index (κ3) is 3.05. The number of nitrogens with two attached hydrogens (primary N) is 1. The van der Waals surface area contributed by atoms with Gasteiger partial charge in [-0.3, -0.25) is 10.5 Å². The molecule has 0 aliphatic rings. The third-order valence-electron chi connectivity index (χ3n) is 3.48. The zero-order valence-corrected chi connectivity index (χ0v) is 13.5. The van der Waals surface area contributed by atoms with Crippen LogP contribution >= 0.6 is 11.6 Å². The summed E-state index contributed by atoms with van der Waals surface area (Å²) in [4.78, 5) is 0. The molecule has 1 atom stereocenters. The molecule has 3 N–H and O–H groups in total. The van der Waals surface area contributed by atoms with Crippen LogP contribution in [0.25, 0.3) is 0 Å². The van der Waals surface area contributed by atoms with Crippen LogP contribution in [0.2, 0.25) is 5.02 Å². The van der Waals surface area contributed by atoms with Gasteiger partial charge < -0.3 is 4.74 Å². The molecule has 21 heavy (non-hydrogen) atoms. The number of nitrogens with zero attached hydrogens (tertiary/aromatic N) is 2. The fourth-order valence-electron chi connectivity index (χ4n) is 2.32. The Morgan fingerprint density at radius 2 is 2.10 bits per heavy atom. The Bertz CT molecular complexity index is 624. The van der Waals surface area contributed by atoms with Crippen molar-refractivity contribution in [3.8, 4) is 5.75 Å². The van der Waals surface area contributed by atoms with E-state index >= 15 is 0 Å². The Kier molecular flexibility index (Phi) is 4.88. The van der Waals surface area contributed by atoms with Gasteiger partial charge in [0.1, 0.15) is 5.69 Å². The normalized spacial score (nSPS) is 12.7. The quantitative estimate of drug-likeness (QED) is 0.658. The monoisotopic (exact) mass is 308 g/mol. The van der Waals surface area contributed by atoms with Gasteiger partial charge >= 0.3 is 0 Å². The molecule has 5 nitrogen and oxygen atoms in total. The molecule has 0 fully saturated rings. The molecule has 1 unspecified atom stereocenters. The number of hydrogen-bond acceptors (Lipinski definition) is 4. The molecule has 1 aromatic heterocycles. The number of halogens is 1. The third-order valence-corrected chi connectivity index (χ3v) is 3.88. The van der Waals surface area contributed by atoms with Crippen molar-refractivity contribution in [3.63, 3.8) is 0 Å². The molecular weight excluding hydrogens is 288 g/mol. The summed E-state index contributed by atoms with van der Waals surface area (Å²) in [7, 11) is 1.63. The van der Waals surface area contributed by atoms with Crippen molar-refractivity contribution < 1.29 is 4.74 Å². The van der Waals surface area contributed by atoms with Gasteiger partial charge in [-0.1, -0.05) is 23.7 Å². The van der Waals surface area contributed by atoms with Gasteiger partial charge in [0.25, 0.3) is 0 Å². The van der Waals surface area contributed by atoms with E-state index < -0.39 is 0 Å². The standard InChI is InChI=1S/C15H21ClN4O/c1-9(2)20-15(13(21-4)8-18-20)14(19-17)11-6-5-10(3)12(16)7-11/h5-9,14,19H,17H2,1-4H3. The van der Waals surface area contributed by atoms with Gasteiger partial charge in [0.2, 0.25) is 0 Å². The van der Waals surface area contributed by atoms with Crippen molar-refractivity contribution in [2.75, 3.05) is 7.11 Å². The summed E-state index contributed by atoms with van der Waals surface area (Å²) in [5.41, 5.74) is 5.72. The second kappa shape index (κ2) is 6.47. The SMILES string of the molecule is COc1cnn(C(C)C)c1C(NN)c1ccc(C)c(Cl)c1. The predicted octanol–water partition coefficient (Wildman–Crippen LogP) is 2.99. The van der Waals surface area contributed by atoms with Gasteiger partial charge in [0.15, 0.2) is 5.75 Å². The number of ether oxygens (including phenoxy) is 1. The van der Waals surface area contributed by atoms with Crippen molar-refractivity contribution in [2.45, 2.75) is 32.9 Å². The van der Waals surface area contributed by atoms with E-state index in [4.69, 9.17) is 22.2 Å². The van der Waals surface area contributed by atoms with Crippen molar-refractivity contribution in [3.05, 3.63) is 46.2 Å². The molecule has 0 bridgehead atoms. The van der Waals surface area contributed by atoms with Gasteiger partial charge in [-0.15, -0.1) is 0 Å². The zero-order chi connectivity index (χ0) is 15.6. The molecule has 2 aromatic rings. The Morgan fingerprint density at radius 3 is 2.62 bits per heavy atom. The number of nitrogens with one attached hydrogen (secondary N) is 1. The largest absolute Gasteiger partial charge is 0.493 e. The second-order valence-corrected chi connectivity index (χ2v) is 5.65. The molecule has 0 aliphatic carbocycles. The fraction of sp³-hybridized carbons (Fsp3) is 0.400. The highest BCUT2D eigenvalue weighted by Crippen LogP contribution is 2.32. The molecule has 2 rings (SSSR count). The molecule has 1 heterocycles. The molecule has 0 radical (unpaired) electrons. The summed E-state index contributed by atoms with van der Waals surface area (Å²) in [6.45, 7) is 6.09. The summed E-state index contributed by atoms with van der Waals surface area (Å²) >= 11 is 6.23. The molecule has 0 amide bonds. The number of rotatable bonds is 5. The first-order valence-electron chi connectivity index (χ1n) is 6.83. The lowest BCUT2D eigenvalue weighted by Crippen LogP contribution is -2.31. The number of aryl methyl sites for hydroxylation is 1. The van der Waals surface area contributed by atoms with Gasteiger partial charge in [0, 0.05) is 11.1 Å². The van der Waals surface area contributed by atoms with Gasteiger partial charge in [-0.05, 0) is 38.0 Å². The minimum atomic E-state index is -0.247. The molecule has 0 spiro atoms. The van der Waals surface area contributed by atoms with E-state index in [-0.39, 0.29) is 12.1 Å². The summed E-state index contributed by atoms with van der Waals surface area (Å²) < 4.78 is 7.32. The summed E-state index contributed by atoms with van der Waals surface area (Å²) in [6, 6.07) is 5.84. The lowest BCUT2D eigenvalue weighted by atomic mass is 10.0. The summed E-state index contributed by atoms with van der Waals surface area (Å²) in [5, 5.41) is 5.09. The zero-order valence-electron chi connectivity index (χ0n) is 12.7. The Labute approximate surface area is 130 Å². The van der Waals surface area contributed by atoms with E-state index in [1.54, 1.807) is 13.3 Å². The van der Waals surface area contributed by atoms with Crippen LogP contribution in [0.15, 0.2) is 24.4 Å². The second-order valence-electron chi connectivity index (χ2n) is 5.24. The summed E-state index contributed by atoms with van der Waals surface area (Å²) in [5.74, 6) is 6.48. The van der Waals surface area contributed by atoms with Crippen molar-refractivity contribution in [2.24, 2.45) is 5.84 Å². The van der Waals surface area contributed by atoms with Gasteiger partial charge in [-0.25, -0.2) is 5.43 Å². The topological polar surface area (TPSA) is 65.1 Å². The maximum atomic E-state index is 6.23. The maximum absolute atomic E-state index is 6.23. The number of hydrazine groups is 1. The molecule has 114 valence electrons. The molecule has 6 heteroatoms. The highest BCUT2D eigenvalue weighted by Gasteiger charge is 2.24. The van der Waals surface area contributed by atoms with E-state index in [1.807, 2.05) is 29.8 Å². The molecule has 0 aliphatic heterocycles. The summed E-state index contributed by atoms with van der Waals surface area (Å²) in [6.07, 6.45) is 1.70. The van der Waals surface area contributed by atoms with Crippen LogP contribution in [0.3, 0.4) is 0 Å². The van der Waals surface area contributed by atoms with Gasteiger partial charge in [-0.2, -0.15) is 5.10 Å². The van der Waals surface area contributed by atoms with E-state index in [0.717, 1.165) is 16.8 Å². The van der Waals surface area contributed by atoms with E-state index in [1.165, 1.54) is 0 Å². The number of methoxy groups -OCH3 is 1. The minimum Gasteiger partial charge on any atom is -0.493 e. The number of benzene rings is 1. The van der Waals surface area contributed by atoms with Crippen LogP contribution in [0.5, 0.6) is 5.75 Å². The lowest BCUT2D eigenvalue weighted by molar-refractivity contribution is 0.394. The molecule has 0 saturated carbocycles. The fourth-order valence-corrected chi connectivity index (χ4v) is 2.51. The van der Waals surface area contributed by atoms with E-state index in [0.29, 0.717) is 10.8 Å². The molecule has 0 saturated heterocycles. The van der Waals surface area contributed by atoms with Crippen molar-refractivity contribution in [1.29, 1.82) is 0 Å². The Hall–Kier alpha value is -1.56. The molecule has 1 aromatic carbocycles. The van der Waals surface area contributed by atoms with Gasteiger partial charge in [0.05, 0.1) is 19.3 Å². The lowest BCUT2D eigenvalue weighted by Gasteiger charge is -2.21. The highest BCUT2D eigenvalue weighted by atomic mass is 35.5. The minimum absolute atomic E-state index is 0.195. The van der Waals surface area contributed by atoms with Crippen LogP contribution < -0.4 is 16.0 Å². The smallest absolute Gasteiger partial charge is 0.161 e. The van der Waals surface area contributed by atoms with Crippen LogP contribution in [0.4, 0.5) is 0 Å². The van der Waals surface area contributed by atoms with E-state index in [9.17, 15) is 0 Å². The Morgan fingerprint density at radius 1 is 1.38 bits per heavy atom. The van der Waals surface area contributed by atoms with Crippen molar-refractivity contribution >= 4 is 11.6 Å². The number of hydrogen-bond donors (Lipinski definition) is 2. The Balaban J connectivity index is 2.55. The van der Waals surface area contributed by atoms with Crippen LogP contribution in [0, 0.1) is 6.92 Å². The first-order chi connectivity index (χ1) is 9.99. The van der Waals surface area contributed by atoms with Crippen LogP contribution in [-0.4, -0.2) is 16.9 Å². The molecular formula is C15H21ClN4O. The first kappa shape index (κ1) is 15.8. The predicted molar refractivity (Wildman–Crippen MR) is 84.5 cm³/mol. The first-order valence-corrected chi connectivity index (χ1v) is 7.21.